The van der Waals surface area contributed by atoms with Gasteiger partial charge in [-0.25, -0.2) is 0 Å². The Morgan fingerprint density at radius 2 is 1.83 bits per heavy atom. The number of carbonyl (C=O) groups is 1. The molecule has 24 heavy (non-hydrogen) atoms. The molecule has 7 heteroatoms. The molecule has 0 saturated carbocycles. The van der Waals surface area contributed by atoms with Gasteiger partial charge in [0.1, 0.15) is 5.56 Å². The highest BCUT2D eigenvalue weighted by atomic mass is 16.2. The van der Waals surface area contributed by atoms with Crippen molar-refractivity contribution in [3.63, 3.8) is 0 Å². The van der Waals surface area contributed by atoms with Gasteiger partial charge >= 0.3 is 0 Å². The third-order valence-electron chi connectivity index (χ3n) is 3.69. The summed E-state index contributed by atoms with van der Waals surface area (Å²) in [5.41, 5.74) is 0.685. The van der Waals surface area contributed by atoms with Gasteiger partial charge in [-0.2, -0.15) is 15.0 Å². The van der Waals surface area contributed by atoms with Crippen molar-refractivity contribution in [3.8, 4) is 0 Å². The first kappa shape index (κ1) is 15.7. The molecule has 3 aromatic rings. The van der Waals surface area contributed by atoms with Crippen LogP contribution in [-0.2, 0) is 13.6 Å². The first-order valence-electron chi connectivity index (χ1n) is 7.50. The molecule has 0 radical (unpaired) electrons. The van der Waals surface area contributed by atoms with Crippen LogP contribution in [0.4, 0.5) is 0 Å². The lowest BCUT2D eigenvalue weighted by Crippen LogP contribution is -2.36. The third kappa shape index (κ3) is 3.40. The minimum absolute atomic E-state index is 0.106. The van der Waals surface area contributed by atoms with E-state index in [4.69, 9.17) is 0 Å². The summed E-state index contributed by atoms with van der Waals surface area (Å²) in [4.78, 5) is 26.2. The minimum Gasteiger partial charge on any atom is -0.343 e. The predicted molar refractivity (Wildman–Crippen MR) is 88.4 cm³/mol. The maximum absolute atomic E-state index is 12.6. The fourth-order valence-electron chi connectivity index (χ4n) is 2.43. The van der Waals surface area contributed by atoms with E-state index >= 15 is 0 Å². The Kier molecular flexibility index (Phi) is 4.51. The number of nitrogens with zero attached hydrogens (tertiary/aromatic N) is 4. The molecule has 0 aliphatic rings. The topological polar surface area (TPSA) is 81.8 Å². The Morgan fingerprint density at radius 3 is 2.54 bits per heavy atom. The van der Waals surface area contributed by atoms with Crippen LogP contribution in [-0.4, -0.2) is 25.5 Å². The summed E-state index contributed by atoms with van der Waals surface area (Å²) in [5.74, 6) is -0.419. The van der Waals surface area contributed by atoms with Gasteiger partial charge < -0.3 is 9.88 Å². The van der Waals surface area contributed by atoms with Gasteiger partial charge in [0.2, 0.25) is 0 Å². The zero-order valence-electron chi connectivity index (χ0n) is 13.2. The van der Waals surface area contributed by atoms with Crippen LogP contribution in [0.5, 0.6) is 0 Å². The Morgan fingerprint density at radius 1 is 1.12 bits per heavy atom. The van der Waals surface area contributed by atoms with Crippen LogP contribution >= 0.6 is 0 Å². The number of amides is 1. The number of aromatic nitrogens is 4. The molecule has 0 saturated heterocycles. The van der Waals surface area contributed by atoms with E-state index in [0.717, 1.165) is 5.56 Å². The summed E-state index contributed by atoms with van der Waals surface area (Å²) in [7, 11) is 1.61. The van der Waals surface area contributed by atoms with Gasteiger partial charge in [0.15, 0.2) is 0 Å². The fraction of sp³-hybridized carbons (Fsp3) is 0.176. The number of carbonyl (C=O) groups excluding carboxylic acids is 1. The molecule has 122 valence electrons. The molecule has 0 bridgehead atoms. The highest BCUT2D eigenvalue weighted by molar-refractivity contribution is 5.94. The lowest BCUT2D eigenvalue weighted by Gasteiger charge is -2.18. The van der Waals surface area contributed by atoms with E-state index < -0.39 is 5.91 Å². The minimum atomic E-state index is -0.419. The van der Waals surface area contributed by atoms with Crippen LogP contribution in [0.3, 0.4) is 0 Å². The average molecular weight is 323 g/mol. The predicted octanol–water partition coefficient (Wildman–Crippen LogP) is 1.15. The number of benzene rings is 1. The van der Waals surface area contributed by atoms with Crippen LogP contribution < -0.4 is 10.9 Å². The van der Waals surface area contributed by atoms with E-state index in [1.165, 1.54) is 15.4 Å². The van der Waals surface area contributed by atoms with E-state index in [2.05, 4.69) is 15.5 Å². The summed E-state index contributed by atoms with van der Waals surface area (Å²) in [5, 5.41) is 11.1. The molecule has 2 aromatic heterocycles. The lowest BCUT2D eigenvalue weighted by atomic mass is 10.1. The number of hydrogen-bond donors (Lipinski definition) is 1. The molecule has 2 heterocycles. The van der Waals surface area contributed by atoms with Crippen LogP contribution in [0.25, 0.3) is 0 Å². The largest absolute Gasteiger partial charge is 0.343 e. The first-order chi connectivity index (χ1) is 11.6. The highest BCUT2D eigenvalue weighted by Crippen LogP contribution is 2.14. The van der Waals surface area contributed by atoms with Crippen molar-refractivity contribution in [1.29, 1.82) is 0 Å². The van der Waals surface area contributed by atoms with Gasteiger partial charge in [0.05, 0.1) is 25.0 Å². The van der Waals surface area contributed by atoms with Crippen molar-refractivity contribution in [2.24, 2.45) is 7.05 Å². The van der Waals surface area contributed by atoms with E-state index in [1.807, 2.05) is 30.3 Å². The van der Waals surface area contributed by atoms with Gasteiger partial charge in [-0.1, -0.05) is 30.3 Å². The second-order valence-corrected chi connectivity index (χ2v) is 5.36. The van der Waals surface area contributed by atoms with Gasteiger partial charge in [-0.15, -0.1) is 0 Å². The van der Waals surface area contributed by atoms with Crippen molar-refractivity contribution < 1.29 is 4.79 Å². The summed E-state index contributed by atoms with van der Waals surface area (Å²) in [6.45, 7) is 0.371. The Bertz CT molecular complexity index is 872. The molecule has 1 N–H and O–H groups in total. The number of nitrogens with one attached hydrogen (secondary N) is 1. The number of aryl methyl sites for hydroxylation is 1. The summed E-state index contributed by atoms with van der Waals surface area (Å²) < 4.78 is 1.38. The Balaban J connectivity index is 1.87. The van der Waals surface area contributed by atoms with Crippen molar-refractivity contribution in [2.75, 3.05) is 0 Å². The standard InChI is InChI=1S/C17H17N5O2/c1-21-11-5-8-14(17(21)24)16(23)20-15(12-22-18-9-10-19-22)13-6-3-2-4-7-13/h2-11,15H,12H2,1H3,(H,20,23). The lowest BCUT2D eigenvalue weighted by molar-refractivity contribution is 0.0928. The van der Waals surface area contributed by atoms with E-state index in [0.29, 0.717) is 6.54 Å². The molecular formula is C17H17N5O2. The van der Waals surface area contributed by atoms with Crippen molar-refractivity contribution >= 4 is 5.91 Å². The van der Waals surface area contributed by atoms with Crippen LogP contribution in [0.2, 0.25) is 0 Å². The SMILES string of the molecule is Cn1cccc(C(=O)NC(Cn2nccn2)c2ccccc2)c1=O. The van der Waals surface area contributed by atoms with Crippen molar-refractivity contribution in [2.45, 2.75) is 12.6 Å². The molecule has 0 aliphatic carbocycles. The monoisotopic (exact) mass is 323 g/mol. The average Bonchev–Trinajstić information content (AvgIpc) is 3.10. The van der Waals surface area contributed by atoms with Crippen molar-refractivity contribution in [3.05, 3.63) is 82.5 Å². The summed E-state index contributed by atoms with van der Waals surface area (Å²) >= 11 is 0. The molecule has 0 spiro atoms. The Labute approximate surface area is 138 Å². The second-order valence-electron chi connectivity index (χ2n) is 5.36. The molecule has 1 amide bonds. The molecule has 0 fully saturated rings. The van der Waals surface area contributed by atoms with E-state index in [1.54, 1.807) is 31.7 Å². The third-order valence-corrected chi connectivity index (χ3v) is 3.69. The molecule has 1 aromatic carbocycles. The van der Waals surface area contributed by atoms with Crippen molar-refractivity contribution in [1.82, 2.24) is 24.9 Å². The zero-order valence-corrected chi connectivity index (χ0v) is 13.2. The quantitative estimate of drug-likeness (QED) is 0.763. The van der Waals surface area contributed by atoms with Gasteiger partial charge in [0, 0.05) is 13.2 Å². The van der Waals surface area contributed by atoms with Crippen LogP contribution in [0, 0.1) is 0 Å². The molecule has 7 nitrogen and oxygen atoms in total. The zero-order chi connectivity index (χ0) is 16.9. The fourth-order valence-corrected chi connectivity index (χ4v) is 2.43. The number of rotatable bonds is 5. The molecule has 0 aliphatic heterocycles. The number of pyridine rings is 1. The number of hydrogen-bond acceptors (Lipinski definition) is 4. The normalized spacial score (nSPS) is 11.9. The maximum atomic E-state index is 12.6. The van der Waals surface area contributed by atoms with Gasteiger partial charge in [-0.05, 0) is 17.7 Å². The molecule has 1 unspecified atom stereocenters. The Hall–Kier alpha value is -3.22. The highest BCUT2D eigenvalue weighted by Gasteiger charge is 2.19. The first-order valence-corrected chi connectivity index (χ1v) is 7.50. The molecule has 1 atom stereocenters. The summed E-state index contributed by atoms with van der Waals surface area (Å²) in [6.07, 6.45) is 4.77. The summed E-state index contributed by atoms with van der Waals surface area (Å²) in [6, 6.07) is 12.4. The maximum Gasteiger partial charge on any atom is 0.263 e. The smallest absolute Gasteiger partial charge is 0.263 e. The van der Waals surface area contributed by atoms with E-state index in [-0.39, 0.29) is 17.2 Å². The second kappa shape index (κ2) is 6.91. The molecule has 3 rings (SSSR count). The van der Waals surface area contributed by atoms with Gasteiger partial charge in [0.25, 0.3) is 11.5 Å². The molecular weight excluding hydrogens is 306 g/mol. The van der Waals surface area contributed by atoms with E-state index in [9.17, 15) is 9.59 Å². The van der Waals surface area contributed by atoms with Crippen LogP contribution in [0.1, 0.15) is 22.0 Å². The van der Waals surface area contributed by atoms with Gasteiger partial charge in [-0.3, -0.25) is 9.59 Å². The van der Waals surface area contributed by atoms with Crippen LogP contribution in [0.15, 0.2) is 65.8 Å².